The second-order valence-corrected chi connectivity index (χ2v) is 8.78. The number of fused-ring (bicyclic) bond motifs is 1. The summed E-state index contributed by atoms with van der Waals surface area (Å²) in [5, 5.41) is 2.61. The topological polar surface area (TPSA) is 96.0 Å². The highest BCUT2D eigenvalue weighted by molar-refractivity contribution is 6.07. The molecule has 33 heavy (non-hydrogen) atoms. The Bertz CT molecular complexity index is 1260. The number of nitrogens with one attached hydrogen (secondary N) is 1. The average Bonchev–Trinajstić information content (AvgIpc) is 3.15. The van der Waals surface area contributed by atoms with Crippen LogP contribution in [0.2, 0.25) is 0 Å². The lowest BCUT2D eigenvalue weighted by Crippen LogP contribution is -2.62. The number of imide groups is 1. The summed E-state index contributed by atoms with van der Waals surface area (Å²) in [7, 11) is 0. The second kappa shape index (κ2) is 7.26. The molecule has 0 bridgehead atoms. The number of amides is 4. The lowest BCUT2D eigenvalue weighted by Gasteiger charge is -2.42. The number of nitrogens with zero attached hydrogens (tertiary/aromatic N) is 2. The van der Waals surface area contributed by atoms with Gasteiger partial charge in [0.2, 0.25) is 0 Å². The highest BCUT2D eigenvalue weighted by atomic mass is 19.1. The van der Waals surface area contributed by atoms with Gasteiger partial charge in [0.05, 0.1) is 17.2 Å². The monoisotopic (exact) mass is 449 g/mol. The van der Waals surface area contributed by atoms with E-state index in [1.165, 1.54) is 23.1 Å². The van der Waals surface area contributed by atoms with E-state index in [4.69, 9.17) is 4.74 Å². The third-order valence-corrected chi connectivity index (χ3v) is 6.04. The van der Waals surface area contributed by atoms with Crippen LogP contribution in [0.25, 0.3) is 11.8 Å². The van der Waals surface area contributed by atoms with Crippen molar-refractivity contribution in [1.82, 2.24) is 15.1 Å². The summed E-state index contributed by atoms with van der Waals surface area (Å²) in [6, 6.07) is 10.0. The first-order valence-electron chi connectivity index (χ1n) is 10.4. The minimum Gasteiger partial charge on any atom is -0.422 e. The van der Waals surface area contributed by atoms with Crippen LogP contribution in [0.5, 0.6) is 0 Å². The Hall–Kier alpha value is -4.01. The van der Waals surface area contributed by atoms with Crippen molar-refractivity contribution in [2.24, 2.45) is 0 Å². The van der Waals surface area contributed by atoms with Crippen LogP contribution in [0, 0.1) is 5.82 Å². The summed E-state index contributed by atoms with van der Waals surface area (Å²) >= 11 is 0. The zero-order valence-corrected chi connectivity index (χ0v) is 17.9. The van der Waals surface area contributed by atoms with Crippen molar-refractivity contribution >= 4 is 35.6 Å². The van der Waals surface area contributed by atoms with Gasteiger partial charge in [-0.3, -0.25) is 14.5 Å². The quantitative estimate of drug-likeness (QED) is 0.574. The predicted molar refractivity (Wildman–Crippen MR) is 115 cm³/mol. The molecule has 168 valence electrons. The maximum Gasteiger partial charge on any atom is 0.344 e. The number of carbonyl (C=O) groups is 4. The first-order chi connectivity index (χ1) is 15.7. The number of esters is 1. The number of cyclic esters (lactones) is 1. The Morgan fingerprint density at radius 1 is 1.12 bits per heavy atom. The largest absolute Gasteiger partial charge is 0.422 e. The average molecular weight is 449 g/mol. The van der Waals surface area contributed by atoms with E-state index < -0.39 is 35.3 Å². The Balaban J connectivity index is 1.34. The number of halogens is 1. The Morgan fingerprint density at radius 2 is 1.82 bits per heavy atom. The molecule has 5 rings (SSSR count). The fraction of sp³-hybridized carbons (Fsp3) is 0.250. The summed E-state index contributed by atoms with van der Waals surface area (Å²) in [5.74, 6) is -1.73. The maximum absolute atomic E-state index is 14.5. The molecule has 2 aromatic rings. The van der Waals surface area contributed by atoms with Crippen LogP contribution >= 0.6 is 0 Å². The van der Waals surface area contributed by atoms with Crippen molar-refractivity contribution in [3.8, 4) is 0 Å². The maximum atomic E-state index is 14.5. The lowest BCUT2D eigenvalue weighted by atomic mass is 10.0. The van der Waals surface area contributed by atoms with Crippen molar-refractivity contribution < 1.29 is 28.3 Å². The number of hydrogen-bond donors (Lipinski definition) is 1. The first kappa shape index (κ1) is 20.9. The second-order valence-electron chi connectivity index (χ2n) is 8.78. The van der Waals surface area contributed by atoms with Crippen LogP contribution < -0.4 is 5.32 Å². The third kappa shape index (κ3) is 3.36. The van der Waals surface area contributed by atoms with Crippen LogP contribution in [0.1, 0.15) is 45.7 Å². The zero-order chi connectivity index (χ0) is 23.5. The van der Waals surface area contributed by atoms with Crippen molar-refractivity contribution in [2.75, 3.05) is 13.1 Å². The van der Waals surface area contributed by atoms with Crippen LogP contribution in [0.15, 0.2) is 42.5 Å². The van der Waals surface area contributed by atoms with Gasteiger partial charge >= 0.3 is 12.0 Å². The highest BCUT2D eigenvalue weighted by Gasteiger charge is 2.50. The molecule has 2 aromatic carbocycles. The van der Waals surface area contributed by atoms with Gasteiger partial charge in [0.25, 0.3) is 11.8 Å². The number of ether oxygens (including phenoxy) is 1. The van der Waals surface area contributed by atoms with Gasteiger partial charge in [0, 0.05) is 18.7 Å². The third-order valence-electron chi connectivity index (χ3n) is 6.04. The number of hydrogen-bond acceptors (Lipinski definition) is 5. The zero-order valence-electron chi connectivity index (χ0n) is 17.9. The molecular weight excluding hydrogens is 429 g/mol. The molecular formula is C24H20FN3O5. The summed E-state index contributed by atoms with van der Waals surface area (Å²) in [6.45, 7) is 3.49. The Labute approximate surface area is 188 Å². The molecule has 2 fully saturated rings. The van der Waals surface area contributed by atoms with E-state index in [0.717, 1.165) is 4.90 Å². The van der Waals surface area contributed by atoms with E-state index in [-0.39, 0.29) is 24.6 Å². The number of rotatable bonds is 3. The molecule has 3 aliphatic heterocycles. The van der Waals surface area contributed by atoms with Crippen LogP contribution in [0.4, 0.5) is 9.18 Å². The fourth-order valence-corrected chi connectivity index (χ4v) is 4.20. The molecule has 1 N–H and O–H groups in total. The van der Waals surface area contributed by atoms with E-state index in [2.05, 4.69) is 5.32 Å². The molecule has 0 saturated carbocycles. The van der Waals surface area contributed by atoms with Gasteiger partial charge in [0.1, 0.15) is 17.1 Å². The first-order valence-corrected chi connectivity index (χ1v) is 10.4. The molecule has 2 saturated heterocycles. The standard InChI is InChI=1S/C24H20FN3O5/c1-24(2)22(31)28(23(32)26-24)14-11-27(12-14)20(29)17-9-13(7-8-18(17)25)10-19-15-5-3-4-6-16(15)21(30)33-19/h3-10,14H,11-12H2,1-2H3,(H,26,32). The predicted octanol–water partition coefficient (Wildman–Crippen LogP) is 2.65. The van der Waals surface area contributed by atoms with Gasteiger partial charge < -0.3 is 15.0 Å². The smallest absolute Gasteiger partial charge is 0.344 e. The summed E-state index contributed by atoms with van der Waals surface area (Å²) in [6.07, 6.45) is 1.58. The molecule has 4 amide bonds. The molecule has 0 spiro atoms. The van der Waals surface area contributed by atoms with Gasteiger partial charge in [-0.25, -0.2) is 14.0 Å². The van der Waals surface area contributed by atoms with Gasteiger partial charge in [-0.1, -0.05) is 24.3 Å². The molecule has 3 aliphatic rings. The molecule has 0 aromatic heterocycles. The number of benzene rings is 2. The molecule has 0 unspecified atom stereocenters. The van der Waals surface area contributed by atoms with Gasteiger partial charge in [-0.05, 0) is 43.7 Å². The van der Waals surface area contributed by atoms with Crippen LogP contribution in [-0.2, 0) is 9.53 Å². The number of likely N-dealkylation sites (tertiary alicyclic amines) is 1. The van der Waals surface area contributed by atoms with Crippen molar-refractivity contribution in [3.05, 3.63) is 70.5 Å². The Morgan fingerprint density at radius 3 is 2.48 bits per heavy atom. The Kier molecular flexibility index (Phi) is 4.59. The van der Waals surface area contributed by atoms with E-state index in [1.807, 2.05) is 0 Å². The molecule has 0 aliphatic carbocycles. The van der Waals surface area contributed by atoms with E-state index in [1.54, 1.807) is 44.2 Å². The normalized spacial score (nSPS) is 20.6. The molecule has 0 radical (unpaired) electrons. The van der Waals surface area contributed by atoms with Crippen LogP contribution in [-0.4, -0.2) is 58.3 Å². The summed E-state index contributed by atoms with van der Waals surface area (Å²) < 4.78 is 19.8. The minimum absolute atomic E-state index is 0.129. The summed E-state index contributed by atoms with van der Waals surface area (Å²) in [5.41, 5.74) is 0.432. The minimum atomic E-state index is -0.988. The molecule has 0 atom stereocenters. The van der Waals surface area contributed by atoms with Crippen molar-refractivity contribution in [3.63, 3.8) is 0 Å². The molecule has 8 nitrogen and oxygen atoms in total. The SMILES string of the molecule is CC1(C)NC(=O)N(C2CN(C(=O)c3cc(C=C4OC(=O)c5ccccc54)ccc3F)C2)C1=O. The van der Waals surface area contributed by atoms with Gasteiger partial charge in [0.15, 0.2) is 0 Å². The van der Waals surface area contributed by atoms with Gasteiger partial charge in [-0.15, -0.1) is 0 Å². The van der Waals surface area contributed by atoms with Gasteiger partial charge in [-0.2, -0.15) is 0 Å². The molecule has 3 heterocycles. The van der Waals surface area contributed by atoms with Crippen LogP contribution in [0.3, 0.4) is 0 Å². The van der Waals surface area contributed by atoms with E-state index in [9.17, 15) is 23.6 Å². The fourth-order valence-electron chi connectivity index (χ4n) is 4.20. The summed E-state index contributed by atoms with van der Waals surface area (Å²) in [4.78, 5) is 52.0. The number of urea groups is 1. The van der Waals surface area contributed by atoms with Crippen molar-refractivity contribution in [2.45, 2.75) is 25.4 Å². The number of carbonyl (C=O) groups excluding carboxylic acids is 4. The molecule has 9 heteroatoms. The van der Waals surface area contributed by atoms with E-state index in [0.29, 0.717) is 22.4 Å². The van der Waals surface area contributed by atoms with E-state index >= 15 is 0 Å². The highest BCUT2D eigenvalue weighted by Crippen LogP contribution is 2.32. The van der Waals surface area contributed by atoms with Crippen molar-refractivity contribution in [1.29, 1.82) is 0 Å². The lowest BCUT2D eigenvalue weighted by molar-refractivity contribution is -0.133.